The third kappa shape index (κ3) is 2.35. The van der Waals surface area contributed by atoms with Gasteiger partial charge in [-0.3, -0.25) is 0 Å². The molecule has 0 radical (unpaired) electrons. The van der Waals surface area contributed by atoms with Gasteiger partial charge in [0.2, 0.25) is 0 Å². The quantitative estimate of drug-likeness (QED) is 0.594. The molecule has 0 saturated heterocycles. The molecular formula is C9H13ClS. The Hall–Kier alpha value is -0.270. The third-order valence-electron chi connectivity index (χ3n) is 1.47. The van der Waals surface area contributed by atoms with Gasteiger partial charge in [0.25, 0.3) is 0 Å². The van der Waals surface area contributed by atoms with Crippen LogP contribution < -0.4 is 0 Å². The van der Waals surface area contributed by atoms with Gasteiger partial charge >= 0.3 is 0 Å². The summed E-state index contributed by atoms with van der Waals surface area (Å²) in [6, 6.07) is 10.0. The van der Waals surface area contributed by atoms with Crippen LogP contribution in [0.4, 0.5) is 0 Å². The van der Waals surface area contributed by atoms with E-state index in [0.717, 1.165) is 4.90 Å². The molecule has 0 bridgehead atoms. The first kappa shape index (κ1) is 8.82. The molecule has 0 spiro atoms. The van der Waals surface area contributed by atoms with Crippen molar-refractivity contribution in [2.24, 2.45) is 0 Å². The van der Waals surface area contributed by atoms with Crippen LogP contribution in [0.3, 0.4) is 0 Å². The highest BCUT2D eigenvalue weighted by Gasteiger charge is 2.15. The van der Waals surface area contributed by atoms with Gasteiger partial charge in [0.15, 0.2) is 0 Å². The number of hydrogen-bond acceptors (Lipinski definition) is 0. The fourth-order valence-electron chi connectivity index (χ4n) is 0.840. The zero-order valence-corrected chi connectivity index (χ0v) is 8.45. The van der Waals surface area contributed by atoms with Gasteiger partial charge < -0.3 is 0 Å². The first-order chi connectivity index (χ1) is 4.86. The first-order valence-corrected chi connectivity index (χ1v) is 7.23. The van der Waals surface area contributed by atoms with Crippen LogP contribution in [0, 0.1) is 0 Å². The molecule has 0 atom stereocenters. The van der Waals surface area contributed by atoms with Crippen LogP contribution in [0.1, 0.15) is 0 Å². The average molecular weight is 189 g/mol. The van der Waals surface area contributed by atoms with Crippen molar-refractivity contribution < 1.29 is 0 Å². The summed E-state index contributed by atoms with van der Waals surface area (Å²) in [7, 11) is 4.28. The van der Waals surface area contributed by atoms with E-state index in [2.05, 4.69) is 5.87 Å². The van der Waals surface area contributed by atoms with E-state index >= 15 is 0 Å². The Kier molecular flexibility index (Phi) is 1.89. The van der Waals surface area contributed by atoms with Crippen molar-refractivity contribution in [2.75, 3.05) is 12.5 Å². The van der Waals surface area contributed by atoms with Gasteiger partial charge in [-0.1, -0.05) is 34.8 Å². The van der Waals surface area contributed by atoms with Gasteiger partial charge in [-0.05, 0) is 29.5 Å². The number of benzene rings is 1. The lowest BCUT2D eigenvalue weighted by atomic mass is 10.4. The van der Waals surface area contributed by atoms with Crippen LogP contribution >= 0.6 is 18.6 Å². The molecule has 0 aliphatic rings. The standard InChI is InChI=1S/C9H13ClS/c1-11(2,3,10)9-7-5-4-6-8-9/h4-8H,1H2,2-3H3. The van der Waals surface area contributed by atoms with E-state index in [9.17, 15) is 0 Å². The van der Waals surface area contributed by atoms with Crippen molar-refractivity contribution in [3.8, 4) is 0 Å². The normalized spacial score (nSPS) is 15.4. The van der Waals surface area contributed by atoms with Crippen molar-refractivity contribution in [3.63, 3.8) is 0 Å². The van der Waals surface area contributed by atoms with E-state index in [0.29, 0.717) is 0 Å². The molecule has 0 unspecified atom stereocenters. The van der Waals surface area contributed by atoms with E-state index in [4.69, 9.17) is 10.7 Å². The minimum atomic E-state index is -2.03. The highest BCUT2D eigenvalue weighted by atomic mass is 35.7. The summed E-state index contributed by atoms with van der Waals surface area (Å²) >= 11 is 0. The second-order valence-electron chi connectivity index (χ2n) is 3.35. The maximum absolute atomic E-state index is 6.31. The lowest BCUT2D eigenvalue weighted by molar-refractivity contribution is 1.45. The number of rotatable bonds is 1. The maximum atomic E-state index is 6.31. The third-order valence-corrected chi connectivity index (χ3v) is 3.73. The Balaban J connectivity index is 3.26. The molecule has 62 valence electrons. The Morgan fingerprint density at radius 3 is 1.91 bits per heavy atom. The second kappa shape index (κ2) is 2.36. The lowest BCUT2D eigenvalue weighted by Crippen LogP contribution is -1.94. The average Bonchev–Trinajstić information content (AvgIpc) is 1.86. The monoisotopic (exact) mass is 188 g/mol. The molecule has 0 saturated carbocycles. The van der Waals surface area contributed by atoms with Crippen molar-refractivity contribution in [1.29, 1.82) is 0 Å². The molecule has 0 aliphatic heterocycles. The topological polar surface area (TPSA) is 0 Å². The fraction of sp³-hybridized carbons (Fsp3) is 0.222. The molecular weight excluding hydrogens is 176 g/mol. The first-order valence-electron chi connectivity index (χ1n) is 3.37. The highest BCUT2D eigenvalue weighted by Crippen LogP contribution is 2.61. The van der Waals surface area contributed by atoms with Crippen LogP contribution in [-0.2, 0) is 0 Å². The molecule has 1 aromatic rings. The molecule has 0 heterocycles. The van der Waals surface area contributed by atoms with E-state index in [1.807, 2.05) is 42.8 Å². The summed E-state index contributed by atoms with van der Waals surface area (Å²) in [5.41, 5.74) is 0. The van der Waals surface area contributed by atoms with Gasteiger partial charge in [-0.2, -0.15) is 7.96 Å². The molecule has 0 aromatic heterocycles. The molecule has 0 amide bonds. The molecule has 0 N–H and O–H groups in total. The smallest absolute Gasteiger partial charge is 0.00225 e. The molecule has 1 rings (SSSR count). The van der Waals surface area contributed by atoms with Crippen molar-refractivity contribution in [2.45, 2.75) is 4.90 Å². The summed E-state index contributed by atoms with van der Waals surface area (Å²) < 4.78 is 0. The Bertz CT molecular complexity index is 297. The van der Waals surface area contributed by atoms with E-state index < -0.39 is 7.96 Å². The predicted molar refractivity (Wildman–Crippen MR) is 57.1 cm³/mol. The van der Waals surface area contributed by atoms with Gasteiger partial charge in [0.1, 0.15) is 0 Å². The molecule has 1 aromatic carbocycles. The van der Waals surface area contributed by atoms with Crippen LogP contribution in [-0.4, -0.2) is 18.4 Å². The van der Waals surface area contributed by atoms with Crippen molar-refractivity contribution in [3.05, 3.63) is 30.3 Å². The lowest BCUT2D eigenvalue weighted by Gasteiger charge is -2.32. The summed E-state index contributed by atoms with van der Waals surface area (Å²) in [6.07, 6.45) is 4.02. The molecule has 2 heteroatoms. The van der Waals surface area contributed by atoms with Crippen LogP contribution in [0.25, 0.3) is 0 Å². The summed E-state index contributed by atoms with van der Waals surface area (Å²) in [5.74, 6) is 4.05. The van der Waals surface area contributed by atoms with Gasteiger partial charge in [0, 0.05) is 0 Å². The molecule has 11 heavy (non-hydrogen) atoms. The van der Waals surface area contributed by atoms with Crippen LogP contribution in [0.5, 0.6) is 0 Å². The van der Waals surface area contributed by atoms with Crippen LogP contribution in [0.15, 0.2) is 35.2 Å². The SMILES string of the molecule is C=S(C)(C)(Cl)c1ccccc1. The minimum absolute atomic E-state index is 1.14. The van der Waals surface area contributed by atoms with E-state index in [-0.39, 0.29) is 0 Å². The Morgan fingerprint density at radius 1 is 1.18 bits per heavy atom. The van der Waals surface area contributed by atoms with Gasteiger partial charge in [-0.25, -0.2) is 0 Å². The van der Waals surface area contributed by atoms with Crippen molar-refractivity contribution in [1.82, 2.24) is 0 Å². The van der Waals surface area contributed by atoms with E-state index in [1.54, 1.807) is 0 Å². The second-order valence-corrected chi connectivity index (χ2v) is 10.9. The van der Waals surface area contributed by atoms with Crippen LogP contribution in [0.2, 0.25) is 0 Å². The van der Waals surface area contributed by atoms with Crippen molar-refractivity contribution >= 4 is 24.5 Å². The Labute approximate surface area is 72.6 Å². The largest absolute Gasteiger partial charge is 0.164 e. The van der Waals surface area contributed by atoms with Gasteiger partial charge in [0.05, 0.1) is 0 Å². The summed E-state index contributed by atoms with van der Waals surface area (Å²) in [4.78, 5) is 1.14. The summed E-state index contributed by atoms with van der Waals surface area (Å²) in [6.45, 7) is 0. The minimum Gasteiger partial charge on any atom is -0.164 e. The molecule has 0 fully saturated rings. The zero-order valence-electron chi connectivity index (χ0n) is 6.88. The Morgan fingerprint density at radius 2 is 1.64 bits per heavy atom. The molecule has 0 aliphatic carbocycles. The molecule has 0 nitrogen and oxygen atoms in total. The zero-order chi connectivity index (χ0) is 8.56. The highest BCUT2D eigenvalue weighted by molar-refractivity contribution is 8.61. The van der Waals surface area contributed by atoms with E-state index in [1.165, 1.54) is 0 Å². The fourth-order valence-corrected chi connectivity index (χ4v) is 2.15. The maximum Gasteiger partial charge on any atom is -0.00225 e. The summed E-state index contributed by atoms with van der Waals surface area (Å²) in [5, 5.41) is 0. The number of halogens is 1. The van der Waals surface area contributed by atoms with Gasteiger partial charge in [-0.15, -0.1) is 0 Å². The number of hydrogen-bond donors (Lipinski definition) is 0. The predicted octanol–water partition coefficient (Wildman–Crippen LogP) is 3.23.